The first-order valence-corrected chi connectivity index (χ1v) is 7.05. The number of thioether (sulfide) groups is 1. The van der Waals surface area contributed by atoms with Gasteiger partial charge in [-0.05, 0) is 12.1 Å². The summed E-state index contributed by atoms with van der Waals surface area (Å²) >= 11 is 1.06. The molecule has 3 N–H and O–H groups in total. The van der Waals surface area contributed by atoms with Gasteiger partial charge >= 0.3 is 5.97 Å². The van der Waals surface area contributed by atoms with Gasteiger partial charge in [-0.3, -0.25) is 14.3 Å². The maximum absolute atomic E-state index is 10.7. The highest BCUT2D eigenvalue weighted by atomic mass is 32.2. The van der Waals surface area contributed by atoms with Crippen LogP contribution in [-0.4, -0.2) is 36.6 Å². The Morgan fingerprint density at radius 1 is 1.29 bits per heavy atom. The van der Waals surface area contributed by atoms with Crippen molar-refractivity contribution in [3.05, 3.63) is 36.5 Å². The predicted molar refractivity (Wildman–Crippen MR) is 79.4 cm³/mol. The van der Waals surface area contributed by atoms with Crippen molar-refractivity contribution >= 4 is 34.6 Å². The molecular formula is C13H11N5O2S. The second kappa shape index (κ2) is 5.41. The molecule has 2 heterocycles. The van der Waals surface area contributed by atoms with Crippen LogP contribution in [0.3, 0.4) is 0 Å². The standard InChI is InChI=1S/C13H11N5O2S/c14-12-16-17-13(21-7-10(19)20)18(12)9-5-1-3-8-4-2-6-15-11(8)9/h1-6H,7H2,(H2,14,16)(H,19,20). The molecule has 0 saturated heterocycles. The lowest BCUT2D eigenvalue weighted by Gasteiger charge is -2.09. The molecule has 0 amide bonds. The smallest absolute Gasteiger partial charge is 0.313 e. The minimum atomic E-state index is -0.927. The molecule has 2 aromatic heterocycles. The highest BCUT2D eigenvalue weighted by Gasteiger charge is 2.15. The second-order valence-corrected chi connectivity index (χ2v) is 5.15. The number of carboxylic acid groups (broad SMARTS) is 1. The van der Waals surface area contributed by atoms with Gasteiger partial charge < -0.3 is 10.8 Å². The topological polar surface area (TPSA) is 107 Å². The molecular weight excluding hydrogens is 290 g/mol. The molecule has 8 heteroatoms. The number of carboxylic acids is 1. The fourth-order valence-corrected chi connectivity index (χ4v) is 2.67. The van der Waals surface area contributed by atoms with E-state index >= 15 is 0 Å². The molecule has 21 heavy (non-hydrogen) atoms. The number of para-hydroxylation sites is 1. The van der Waals surface area contributed by atoms with Crippen LogP contribution >= 0.6 is 11.8 Å². The van der Waals surface area contributed by atoms with Crippen LogP contribution in [0.15, 0.2) is 41.7 Å². The number of fused-ring (bicyclic) bond motifs is 1. The van der Waals surface area contributed by atoms with E-state index < -0.39 is 5.97 Å². The van der Waals surface area contributed by atoms with E-state index in [2.05, 4.69) is 15.2 Å². The molecule has 3 aromatic rings. The number of hydrogen-bond acceptors (Lipinski definition) is 6. The Morgan fingerprint density at radius 3 is 2.90 bits per heavy atom. The largest absolute Gasteiger partial charge is 0.481 e. The summed E-state index contributed by atoms with van der Waals surface area (Å²) in [4.78, 5) is 15.1. The normalized spacial score (nSPS) is 10.9. The minimum Gasteiger partial charge on any atom is -0.481 e. The summed E-state index contributed by atoms with van der Waals surface area (Å²) in [5.74, 6) is -0.846. The Hall–Kier alpha value is -2.61. The summed E-state index contributed by atoms with van der Waals surface area (Å²) in [6.07, 6.45) is 1.69. The molecule has 0 spiro atoms. The zero-order valence-electron chi connectivity index (χ0n) is 10.8. The third kappa shape index (κ3) is 2.52. The number of nitrogens with zero attached hydrogens (tertiary/aromatic N) is 4. The number of aromatic nitrogens is 4. The fraction of sp³-hybridized carbons (Fsp3) is 0.0769. The molecule has 0 aliphatic carbocycles. The van der Waals surface area contributed by atoms with Gasteiger partial charge in [-0.25, -0.2) is 0 Å². The van der Waals surface area contributed by atoms with Crippen LogP contribution in [0.4, 0.5) is 5.95 Å². The molecule has 106 valence electrons. The molecule has 0 bridgehead atoms. The SMILES string of the molecule is Nc1nnc(SCC(=O)O)n1-c1cccc2cccnc12. The van der Waals surface area contributed by atoms with Gasteiger partial charge in [0.1, 0.15) is 0 Å². The van der Waals surface area contributed by atoms with Gasteiger partial charge in [0.15, 0.2) is 5.16 Å². The number of nitrogen functional groups attached to an aromatic ring is 1. The van der Waals surface area contributed by atoms with E-state index in [1.165, 1.54) is 0 Å². The zero-order valence-corrected chi connectivity index (χ0v) is 11.6. The summed E-state index contributed by atoms with van der Waals surface area (Å²) in [5.41, 5.74) is 7.35. The quantitative estimate of drug-likeness (QED) is 0.704. The molecule has 1 aromatic carbocycles. The number of aliphatic carboxylic acids is 1. The van der Waals surface area contributed by atoms with Crippen molar-refractivity contribution in [3.63, 3.8) is 0 Å². The van der Waals surface area contributed by atoms with Gasteiger partial charge in [0.25, 0.3) is 0 Å². The van der Waals surface area contributed by atoms with E-state index in [-0.39, 0.29) is 11.7 Å². The van der Waals surface area contributed by atoms with Crippen LogP contribution in [0.1, 0.15) is 0 Å². The van der Waals surface area contributed by atoms with Gasteiger partial charge in [-0.2, -0.15) is 0 Å². The highest BCUT2D eigenvalue weighted by Crippen LogP contribution is 2.27. The van der Waals surface area contributed by atoms with Crippen molar-refractivity contribution in [3.8, 4) is 5.69 Å². The van der Waals surface area contributed by atoms with Crippen molar-refractivity contribution in [1.82, 2.24) is 19.7 Å². The molecule has 0 aliphatic heterocycles. The lowest BCUT2D eigenvalue weighted by atomic mass is 10.2. The molecule has 0 aliphatic rings. The predicted octanol–water partition coefficient (Wildman–Crippen LogP) is 1.57. The van der Waals surface area contributed by atoms with E-state index in [0.717, 1.165) is 28.4 Å². The van der Waals surface area contributed by atoms with Crippen LogP contribution in [0.2, 0.25) is 0 Å². The first-order valence-electron chi connectivity index (χ1n) is 6.06. The lowest BCUT2D eigenvalue weighted by molar-refractivity contribution is -0.133. The monoisotopic (exact) mass is 301 g/mol. The van der Waals surface area contributed by atoms with Gasteiger partial charge in [0.05, 0.1) is 17.0 Å². The van der Waals surface area contributed by atoms with Crippen LogP contribution in [0.25, 0.3) is 16.6 Å². The minimum absolute atomic E-state index is 0.115. The third-order valence-corrected chi connectivity index (χ3v) is 3.75. The van der Waals surface area contributed by atoms with Crippen LogP contribution in [-0.2, 0) is 4.79 Å². The molecule has 0 fully saturated rings. The van der Waals surface area contributed by atoms with E-state index in [4.69, 9.17) is 10.8 Å². The van der Waals surface area contributed by atoms with Crippen LogP contribution in [0.5, 0.6) is 0 Å². The Morgan fingerprint density at radius 2 is 2.10 bits per heavy atom. The average molecular weight is 301 g/mol. The maximum atomic E-state index is 10.7. The Kier molecular flexibility index (Phi) is 3.44. The van der Waals surface area contributed by atoms with Gasteiger partial charge in [-0.15, -0.1) is 10.2 Å². The summed E-state index contributed by atoms with van der Waals surface area (Å²) in [6, 6.07) is 9.46. The number of hydrogen-bond donors (Lipinski definition) is 2. The molecule has 0 unspecified atom stereocenters. The summed E-state index contributed by atoms with van der Waals surface area (Å²) in [6.45, 7) is 0. The van der Waals surface area contributed by atoms with Crippen LogP contribution in [0, 0.1) is 0 Å². The Labute approximate surface area is 123 Å². The second-order valence-electron chi connectivity index (χ2n) is 4.21. The number of nitrogens with two attached hydrogens (primary N) is 1. The van der Waals surface area contributed by atoms with Gasteiger partial charge in [-0.1, -0.05) is 30.0 Å². The van der Waals surface area contributed by atoms with E-state index in [1.807, 2.05) is 30.3 Å². The van der Waals surface area contributed by atoms with Crippen molar-refractivity contribution in [2.24, 2.45) is 0 Å². The first kappa shape index (κ1) is 13.4. The molecule has 7 nitrogen and oxygen atoms in total. The lowest BCUT2D eigenvalue weighted by Crippen LogP contribution is -2.05. The highest BCUT2D eigenvalue weighted by molar-refractivity contribution is 7.99. The third-order valence-electron chi connectivity index (χ3n) is 2.84. The fourth-order valence-electron chi connectivity index (χ4n) is 2.00. The summed E-state index contributed by atoms with van der Waals surface area (Å²) in [7, 11) is 0. The summed E-state index contributed by atoms with van der Waals surface area (Å²) < 4.78 is 1.61. The number of anilines is 1. The van der Waals surface area contributed by atoms with Gasteiger partial charge in [0.2, 0.25) is 5.95 Å². The van der Waals surface area contributed by atoms with Crippen molar-refractivity contribution in [2.45, 2.75) is 5.16 Å². The molecule has 0 saturated carbocycles. The van der Waals surface area contributed by atoms with E-state index in [0.29, 0.717) is 5.16 Å². The van der Waals surface area contributed by atoms with Crippen molar-refractivity contribution < 1.29 is 9.90 Å². The summed E-state index contributed by atoms with van der Waals surface area (Å²) in [5, 5.41) is 17.9. The number of rotatable bonds is 4. The number of carbonyl (C=O) groups is 1. The van der Waals surface area contributed by atoms with Crippen LogP contribution < -0.4 is 5.73 Å². The Balaban J connectivity index is 2.14. The van der Waals surface area contributed by atoms with Gasteiger partial charge in [0, 0.05) is 11.6 Å². The maximum Gasteiger partial charge on any atom is 0.313 e. The number of benzene rings is 1. The van der Waals surface area contributed by atoms with Crippen molar-refractivity contribution in [2.75, 3.05) is 11.5 Å². The first-order chi connectivity index (χ1) is 10.2. The van der Waals surface area contributed by atoms with E-state index in [9.17, 15) is 4.79 Å². The molecule has 0 atom stereocenters. The number of pyridine rings is 1. The molecule has 0 radical (unpaired) electrons. The van der Waals surface area contributed by atoms with Crippen molar-refractivity contribution in [1.29, 1.82) is 0 Å². The Bertz CT molecular complexity index is 812. The molecule has 3 rings (SSSR count). The average Bonchev–Trinajstić information content (AvgIpc) is 2.85. The zero-order chi connectivity index (χ0) is 14.8. The van der Waals surface area contributed by atoms with E-state index in [1.54, 1.807) is 10.8 Å².